The van der Waals surface area contributed by atoms with Crippen LogP contribution in [0.4, 0.5) is 0 Å². The van der Waals surface area contributed by atoms with Crippen LogP contribution in [0, 0.1) is 6.92 Å². The van der Waals surface area contributed by atoms with E-state index in [1.807, 2.05) is 12.5 Å². The summed E-state index contributed by atoms with van der Waals surface area (Å²) in [6.45, 7) is 3.83. The Morgan fingerprint density at radius 1 is 1.30 bits per heavy atom. The second-order valence-corrected chi connectivity index (χ2v) is 6.42. The molecular formula is C16H20N4O2S. The van der Waals surface area contributed by atoms with Gasteiger partial charge in [0.1, 0.15) is 5.75 Å². The second-order valence-electron chi connectivity index (χ2n) is 5.64. The summed E-state index contributed by atoms with van der Waals surface area (Å²) >= 11 is 1.55. The van der Waals surface area contributed by atoms with E-state index in [0.29, 0.717) is 17.8 Å². The number of thioether (sulfide) groups is 1. The van der Waals surface area contributed by atoms with Gasteiger partial charge in [-0.2, -0.15) is 0 Å². The van der Waals surface area contributed by atoms with Crippen molar-refractivity contribution in [3.8, 4) is 5.75 Å². The number of aromatic hydroxyl groups is 1. The number of aromatic nitrogens is 3. The minimum Gasteiger partial charge on any atom is -0.506 e. The molecule has 0 atom stereocenters. The molecule has 0 aliphatic carbocycles. The maximum absolute atomic E-state index is 10.3. The zero-order valence-electron chi connectivity index (χ0n) is 13.3. The van der Waals surface area contributed by atoms with E-state index in [1.165, 1.54) is 0 Å². The molecule has 122 valence electrons. The Labute approximate surface area is 139 Å². The highest BCUT2D eigenvalue weighted by atomic mass is 32.2. The van der Waals surface area contributed by atoms with Gasteiger partial charge in [0.05, 0.1) is 18.0 Å². The lowest BCUT2D eigenvalue weighted by molar-refractivity contribution is 0.232. The molecule has 0 saturated heterocycles. The molecule has 2 N–H and O–H groups in total. The Morgan fingerprint density at radius 3 is 2.87 bits per heavy atom. The first kappa shape index (κ1) is 16.2. The van der Waals surface area contributed by atoms with Gasteiger partial charge < -0.3 is 10.2 Å². The lowest BCUT2D eigenvalue weighted by Gasteiger charge is -2.29. The Balaban J connectivity index is 1.81. The Hall–Kier alpha value is -1.70. The molecule has 0 aromatic carbocycles. The van der Waals surface area contributed by atoms with Crippen LogP contribution < -0.4 is 0 Å². The molecule has 0 spiro atoms. The fraction of sp³-hybridized carbons (Fsp3) is 0.438. The maximum atomic E-state index is 10.3. The smallest absolute Gasteiger partial charge is 0.187 e. The van der Waals surface area contributed by atoms with E-state index in [2.05, 4.69) is 19.9 Å². The lowest BCUT2D eigenvalue weighted by atomic mass is 10.0. The molecule has 1 aliphatic heterocycles. The van der Waals surface area contributed by atoms with Crippen molar-refractivity contribution in [2.24, 2.45) is 0 Å². The molecule has 0 radical (unpaired) electrons. The quantitative estimate of drug-likeness (QED) is 0.651. The third-order valence-corrected chi connectivity index (χ3v) is 4.72. The number of aryl methyl sites for hydroxylation is 1. The topological polar surface area (TPSA) is 82.4 Å². The summed E-state index contributed by atoms with van der Waals surface area (Å²) in [4.78, 5) is 15.2. The maximum Gasteiger partial charge on any atom is 0.187 e. The molecule has 6 nitrogen and oxygen atoms in total. The van der Waals surface area contributed by atoms with Gasteiger partial charge in [-0.1, -0.05) is 11.8 Å². The molecule has 2 aromatic heterocycles. The molecule has 3 heterocycles. The van der Waals surface area contributed by atoms with Gasteiger partial charge in [-0.15, -0.1) is 0 Å². The van der Waals surface area contributed by atoms with Crippen molar-refractivity contribution in [3.63, 3.8) is 0 Å². The zero-order chi connectivity index (χ0) is 16.4. The SMILES string of the molecule is CSc1ncc2c(n1)CCN(Cc1c(CO)cnc(C)c1O)C2. The highest BCUT2D eigenvalue weighted by molar-refractivity contribution is 7.98. The number of fused-ring (bicyclic) bond motifs is 1. The van der Waals surface area contributed by atoms with Gasteiger partial charge in [0, 0.05) is 55.1 Å². The van der Waals surface area contributed by atoms with Gasteiger partial charge in [0.15, 0.2) is 5.16 Å². The summed E-state index contributed by atoms with van der Waals surface area (Å²) in [5, 5.41) is 20.6. The number of hydrogen-bond acceptors (Lipinski definition) is 7. The first-order valence-corrected chi connectivity index (χ1v) is 8.73. The summed E-state index contributed by atoms with van der Waals surface area (Å²) in [6.07, 6.45) is 6.37. The number of nitrogens with zero attached hydrogens (tertiary/aromatic N) is 4. The zero-order valence-corrected chi connectivity index (χ0v) is 14.1. The van der Waals surface area contributed by atoms with Gasteiger partial charge in [-0.3, -0.25) is 9.88 Å². The molecule has 23 heavy (non-hydrogen) atoms. The Bertz CT molecular complexity index is 723. The van der Waals surface area contributed by atoms with Gasteiger partial charge in [0.2, 0.25) is 0 Å². The number of rotatable bonds is 4. The Morgan fingerprint density at radius 2 is 2.13 bits per heavy atom. The molecule has 2 aromatic rings. The summed E-state index contributed by atoms with van der Waals surface area (Å²) in [7, 11) is 0. The number of aliphatic hydroxyl groups is 1. The molecule has 1 aliphatic rings. The third-order valence-electron chi connectivity index (χ3n) is 4.16. The molecule has 0 bridgehead atoms. The van der Waals surface area contributed by atoms with Gasteiger partial charge >= 0.3 is 0 Å². The molecular weight excluding hydrogens is 312 g/mol. The number of aliphatic hydroxyl groups excluding tert-OH is 1. The minimum absolute atomic E-state index is 0.124. The van der Waals surface area contributed by atoms with Crippen molar-refractivity contribution in [1.82, 2.24) is 19.9 Å². The fourth-order valence-corrected chi connectivity index (χ4v) is 3.17. The second kappa shape index (κ2) is 6.82. The largest absolute Gasteiger partial charge is 0.506 e. The highest BCUT2D eigenvalue weighted by Gasteiger charge is 2.21. The standard InChI is InChI=1S/C16H20N4O2S/c1-10-15(22)13(12(9-21)6-17-10)8-20-4-3-14-11(7-20)5-18-16(19-14)23-2/h5-6,21-22H,3-4,7-9H2,1-2H3. The van der Waals surface area contributed by atoms with E-state index in [4.69, 9.17) is 0 Å². The average molecular weight is 332 g/mol. The molecule has 0 amide bonds. The number of pyridine rings is 1. The van der Waals surface area contributed by atoms with Crippen LogP contribution in [0.3, 0.4) is 0 Å². The van der Waals surface area contributed by atoms with Crippen molar-refractivity contribution in [2.75, 3.05) is 12.8 Å². The highest BCUT2D eigenvalue weighted by Crippen LogP contribution is 2.27. The monoisotopic (exact) mass is 332 g/mol. The van der Waals surface area contributed by atoms with Crippen LogP contribution in [0.15, 0.2) is 17.6 Å². The van der Waals surface area contributed by atoms with Crippen molar-refractivity contribution >= 4 is 11.8 Å². The van der Waals surface area contributed by atoms with Crippen LogP contribution in [0.1, 0.15) is 28.1 Å². The summed E-state index contributed by atoms with van der Waals surface area (Å²) in [5.41, 5.74) is 4.25. The van der Waals surface area contributed by atoms with Crippen LogP contribution in [0.5, 0.6) is 5.75 Å². The van der Waals surface area contributed by atoms with E-state index < -0.39 is 0 Å². The molecule has 0 unspecified atom stereocenters. The van der Waals surface area contributed by atoms with Gasteiger partial charge in [-0.05, 0) is 13.2 Å². The van der Waals surface area contributed by atoms with Crippen LogP contribution >= 0.6 is 11.8 Å². The first-order chi connectivity index (χ1) is 11.1. The van der Waals surface area contributed by atoms with E-state index in [1.54, 1.807) is 24.9 Å². The van der Waals surface area contributed by atoms with Gasteiger partial charge in [0.25, 0.3) is 0 Å². The summed E-state index contributed by atoms with van der Waals surface area (Å²) < 4.78 is 0. The normalized spacial score (nSPS) is 14.7. The van der Waals surface area contributed by atoms with Crippen LogP contribution in [0.25, 0.3) is 0 Å². The van der Waals surface area contributed by atoms with Crippen molar-refractivity contribution in [3.05, 3.63) is 40.5 Å². The summed E-state index contributed by atoms with van der Waals surface area (Å²) in [5.74, 6) is 0.177. The lowest BCUT2D eigenvalue weighted by Crippen LogP contribution is -2.31. The molecule has 0 fully saturated rings. The predicted octanol–water partition coefficient (Wildman–Crippen LogP) is 1.66. The van der Waals surface area contributed by atoms with E-state index in [0.717, 1.165) is 41.5 Å². The number of hydrogen-bond donors (Lipinski definition) is 2. The Kier molecular flexibility index (Phi) is 4.79. The average Bonchev–Trinajstić information content (AvgIpc) is 2.58. The van der Waals surface area contributed by atoms with Crippen LogP contribution in [-0.4, -0.2) is 42.9 Å². The third kappa shape index (κ3) is 3.31. The predicted molar refractivity (Wildman–Crippen MR) is 88.2 cm³/mol. The molecule has 7 heteroatoms. The van der Waals surface area contributed by atoms with Crippen molar-refractivity contribution < 1.29 is 10.2 Å². The first-order valence-electron chi connectivity index (χ1n) is 7.50. The van der Waals surface area contributed by atoms with E-state index in [9.17, 15) is 10.2 Å². The molecule has 3 rings (SSSR count). The minimum atomic E-state index is -0.124. The van der Waals surface area contributed by atoms with E-state index >= 15 is 0 Å². The van der Waals surface area contributed by atoms with Crippen LogP contribution in [0.2, 0.25) is 0 Å². The summed E-state index contributed by atoms with van der Waals surface area (Å²) in [6, 6.07) is 0. The fourth-order valence-electron chi connectivity index (χ4n) is 2.81. The van der Waals surface area contributed by atoms with Crippen molar-refractivity contribution in [1.29, 1.82) is 0 Å². The molecule has 0 saturated carbocycles. The van der Waals surface area contributed by atoms with Crippen molar-refractivity contribution in [2.45, 2.75) is 38.2 Å². The van der Waals surface area contributed by atoms with Crippen LogP contribution in [-0.2, 0) is 26.1 Å². The van der Waals surface area contributed by atoms with Gasteiger partial charge in [-0.25, -0.2) is 9.97 Å². The van der Waals surface area contributed by atoms with E-state index in [-0.39, 0.29) is 12.4 Å².